The number of benzene rings is 1. The van der Waals surface area contributed by atoms with Crippen LogP contribution >= 0.6 is 0 Å². The third kappa shape index (κ3) is 7.78. The molecule has 0 spiro atoms. The zero-order valence-corrected chi connectivity index (χ0v) is 13.6. The van der Waals surface area contributed by atoms with E-state index in [9.17, 15) is 9.18 Å². The minimum atomic E-state index is -0.627. The Kier molecular flexibility index (Phi) is 7.05. The van der Waals surface area contributed by atoms with Crippen molar-refractivity contribution in [2.45, 2.75) is 39.4 Å². The predicted octanol–water partition coefficient (Wildman–Crippen LogP) is 3.75. The predicted molar refractivity (Wildman–Crippen MR) is 84.3 cm³/mol. The molecule has 0 radical (unpaired) electrons. The summed E-state index contributed by atoms with van der Waals surface area (Å²) in [6.45, 7) is 5.62. The molecule has 4 nitrogen and oxygen atoms in total. The molecule has 122 valence electrons. The summed E-state index contributed by atoms with van der Waals surface area (Å²) in [5.74, 6) is -0.400. The van der Waals surface area contributed by atoms with E-state index in [4.69, 9.17) is 9.47 Å². The lowest BCUT2D eigenvalue weighted by molar-refractivity contribution is 0.0529. The van der Waals surface area contributed by atoms with Crippen molar-refractivity contribution in [2.24, 2.45) is 0 Å². The molecule has 22 heavy (non-hydrogen) atoms. The number of hydrogen-bond donors (Lipinski definition) is 1. The number of amides is 1. The van der Waals surface area contributed by atoms with Gasteiger partial charge >= 0.3 is 6.09 Å². The first kappa shape index (κ1) is 18.2. The minimum Gasteiger partial charge on any atom is -0.444 e. The molecular formula is C17H24FNO3. The van der Waals surface area contributed by atoms with Crippen LogP contribution in [0.25, 0.3) is 0 Å². The lowest BCUT2D eigenvalue weighted by Crippen LogP contribution is -2.33. The molecule has 1 aromatic rings. The number of hydrogen-bond acceptors (Lipinski definition) is 3. The van der Waals surface area contributed by atoms with Crippen molar-refractivity contribution in [3.63, 3.8) is 0 Å². The molecule has 0 aliphatic heterocycles. The van der Waals surface area contributed by atoms with Gasteiger partial charge in [0, 0.05) is 7.11 Å². The van der Waals surface area contributed by atoms with Crippen LogP contribution in [0.2, 0.25) is 0 Å². The maximum Gasteiger partial charge on any atom is 0.408 e. The highest BCUT2D eigenvalue weighted by atomic mass is 19.1. The third-order valence-electron chi connectivity index (χ3n) is 2.66. The Labute approximate surface area is 131 Å². The summed E-state index contributed by atoms with van der Waals surface area (Å²) < 4.78 is 23.8. The number of methoxy groups -OCH3 is 1. The zero-order valence-electron chi connectivity index (χ0n) is 13.6. The molecule has 1 rings (SSSR count). The summed E-state index contributed by atoms with van der Waals surface area (Å²) in [6.07, 6.45) is 1.28. The van der Waals surface area contributed by atoms with Crippen LogP contribution in [-0.4, -0.2) is 25.3 Å². The standard InChI is InChI=1S/C17H24FNO3/c1-17(2,3)22-16(20)19-11-15(18)9-8-13-6-5-7-14(10-13)12-21-4/h5-7,9-10H,8,11-12H2,1-4H3,(H,19,20). The van der Waals surface area contributed by atoms with Gasteiger partial charge in [-0.15, -0.1) is 0 Å². The monoisotopic (exact) mass is 309 g/mol. The molecule has 0 unspecified atom stereocenters. The SMILES string of the molecule is COCc1cccc(CC=C(F)CNC(=O)OC(C)(C)C)c1. The molecule has 1 amide bonds. The molecule has 0 fully saturated rings. The molecule has 0 atom stereocenters. The smallest absolute Gasteiger partial charge is 0.408 e. The normalized spacial score (nSPS) is 12.1. The van der Waals surface area contributed by atoms with Gasteiger partial charge in [-0.2, -0.15) is 0 Å². The van der Waals surface area contributed by atoms with Gasteiger partial charge in [0.2, 0.25) is 0 Å². The first-order valence-electron chi connectivity index (χ1n) is 7.18. The van der Waals surface area contributed by atoms with Gasteiger partial charge in [0.15, 0.2) is 0 Å². The fourth-order valence-electron chi connectivity index (χ4n) is 1.78. The van der Waals surface area contributed by atoms with E-state index in [0.717, 1.165) is 11.1 Å². The van der Waals surface area contributed by atoms with E-state index in [1.165, 1.54) is 6.08 Å². The van der Waals surface area contributed by atoms with Crippen molar-refractivity contribution in [3.8, 4) is 0 Å². The van der Waals surface area contributed by atoms with Gasteiger partial charge in [0.05, 0.1) is 13.2 Å². The molecule has 0 aliphatic carbocycles. The van der Waals surface area contributed by atoms with E-state index in [-0.39, 0.29) is 6.54 Å². The number of alkyl carbamates (subject to hydrolysis) is 1. The molecule has 0 saturated carbocycles. The second-order valence-electron chi connectivity index (χ2n) is 5.96. The highest BCUT2D eigenvalue weighted by Crippen LogP contribution is 2.10. The molecule has 5 heteroatoms. The van der Waals surface area contributed by atoms with Crippen molar-refractivity contribution in [2.75, 3.05) is 13.7 Å². The molecule has 0 saturated heterocycles. The molecule has 1 N–H and O–H groups in total. The summed E-state index contributed by atoms with van der Waals surface area (Å²) >= 11 is 0. The van der Waals surface area contributed by atoms with Gasteiger partial charge in [0.1, 0.15) is 11.4 Å². The third-order valence-corrected chi connectivity index (χ3v) is 2.66. The molecular weight excluding hydrogens is 285 g/mol. The summed E-state index contributed by atoms with van der Waals surface area (Å²) in [7, 11) is 1.63. The van der Waals surface area contributed by atoms with Gasteiger partial charge in [-0.1, -0.05) is 24.3 Å². The van der Waals surface area contributed by atoms with Gasteiger partial charge in [-0.05, 0) is 44.4 Å². The molecule has 0 bridgehead atoms. The average molecular weight is 309 g/mol. The van der Waals surface area contributed by atoms with Crippen molar-refractivity contribution >= 4 is 6.09 Å². The number of carbonyl (C=O) groups excluding carboxylic acids is 1. The largest absolute Gasteiger partial charge is 0.444 e. The van der Waals surface area contributed by atoms with Crippen LogP contribution in [0.1, 0.15) is 31.9 Å². The number of rotatable bonds is 6. The number of ether oxygens (including phenoxy) is 2. The quantitative estimate of drug-likeness (QED) is 0.870. The fourth-order valence-corrected chi connectivity index (χ4v) is 1.78. The molecule has 0 aliphatic rings. The van der Waals surface area contributed by atoms with Crippen molar-refractivity contribution < 1.29 is 18.7 Å². The van der Waals surface area contributed by atoms with Crippen LogP contribution in [0.4, 0.5) is 9.18 Å². The number of carbonyl (C=O) groups is 1. The Bertz CT molecular complexity index is 521. The molecule has 0 heterocycles. The van der Waals surface area contributed by atoms with E-state index in [0.29, 0.717) is 13.0 Å². The van der Waals surface area contributed by atoms with Crippen LogP contribution in [-0.2, 0) is 22.5 Å². The van der Waals surface area contributed by atoms with Crippen LogP contribution in [0.15, 0.2) is 36.2 Å². The Morgan fingerprint density at radius 1 is 1.32 bits per heavy atom. The van der Waals surface area contributed by atoms with Gasteiger partial charge in [-0.3, -0.25) is 0 Å². The van der Waals surface area contributed by atoms with Crippen molar-refractivity contribution in [3.05, 3.63) is 47.3 Å². The maximum absolute atomic E-state index is 13.7. The van der Waals surface area contributed by atoms with Crippen LogP contribution in [0.3, 0.4) is 0 Å². The van der Waals surface area contributed by atoms with Gasteiger partial charge in [0.25, 0.3) is 0 Å². The summed E-state index contributed by atoms with van der Waals surface area (Å²) in [4.78, 5) is 11.4. The summed E-state index contributed by atoms with van der Waals surface area (Å²) in [5, 5.41) is 2.38. The summed E-state index contributed by atoms with van der Waals surface area (Å²) in [5.41, 5.74) is 1.44. The zero-order chi connectivity index (χ0) is 16.6. The first-order chi connectivity index (χ1) is 10.3. The maximum atomic E-state index is 13.7. The number of allylic oxidation sites excluding steroid dienone is 1. The first-order valence-corrected chi connectivity index (χ1v) is 7.18. The van der Waals surface area contributed by atoms with Crippen LogP contribution in [0, 0.1) is 0 Å². The topological polar surface area (TPSA) is 47.6 Å². The second kappa shape index (κ2) is 8.54. The molecule has 1 aromatic carbocycles. The lowest BCUT2D eigenvalue weighted by atomic mass is 10.1. The van der Waals surface area contributed by atoms with Gasteiger partial charge in [-0.25, -0.2) is 9.18 Å². The number of halogens is 1. The Morgan fingerprint density at radius 3 is 2.64 bits per heavy atom. The van der Waals surface area contributed by atoms with E-state index in [1.54, 1.807) is 27.9 Å². The van der Waals surface area contributed by atoms with E-state index < -0.39 is 17.5 Å². The average Bonchev–Trinajstić information content (AvgIpc) is 2.42. The van der Waals surface area contributed by atoms with E-state index in [2.05, 4.69) is 5.32 Å². The fraction of sp³-hybridized carbons (Fsp3) is 0.471. The van der Waals surface area contributed by atoms with Crippen LogP contribution < -0.4 is 5.32 Å². The van der Waals surface area contributed by atoms with Crippen LogP contribution in [0.5, 0.6) is 0 Å². The van der Waals surface area contributed by atoms with Gasteiger partial charge < -0.3 is 14.8 Å². The Morgan fingerprint density at radius 2 is 2.00 bits per heavy atom. The Hall–Kier alpha value is -1.88. The summed E-state index contributed by atoms with van der Waals surface area (Å²) in [6, 6.07) is 7.75. The molecule has 0 aromatic heterocycles. The van der Waals surface area contributed by atoms with E-state index in [1.807, 2.05) is 24.3 Å². The highest BCUT2D eigenvalue weighted by Gasteiger charge is 2.15. The highest BCUT2D eigenvalue weighted by molar-refractivity contribution is 5.67. The number of nitrogens with one attached hydrogen (secondary N) is 1. The minimum absolute atomic E-state index is 0.174. The Balaban J connectivity index is 2.45. The van der Waals surface area contributed by atoms with Crippen molar-refractivity contribution in [1.82, 2.24) is 5.32 Å². The second-order valence-corrected chi connectivity index (χ2v) is 5.96. The van der Waals surface area contributed by atoms with Crippen molar-refractivity contribution in [1.29, 1.82) is 0 Å². The lowest BCUT2D eigenvalue weighted by Gasteiger charge is -2.19. The van der Waals surface area contributed by atoms with E-state index >= 15 is 0 Å².